The van der Waals surface area contributed by atoms with Crippen molar-refractivity contribution < 1.29 is 9.53 Å². The zero-order chi connectivity index (χ0) is 18.2. The molecule has 3 atom stereocenters. The number of amides is 1. The Morgan fingerprint density at radius 3 is 2.46 bits per heavy atom. The summed E-state index contributed by atoms with van der Waals surface area (Å²) in [6, 6.07) is 10.2. The summed E-state index contributed by atoms with van der Waals surface area (Å²) in [6.07, 6.45) is 0.605. The van der Waals surface area contributed by atoms with Crippen LogP contribution in [-0.4, -0.2) is 30.2 Å². The Bertz CT molecular complexity index is 583. The molecule has 0 spiro atoms. The summed E-state index contributed by atoms with van der Waals surface area (Å²) < 4.78 is 5.72. The van der Waals surface area contributed by atoms with E-state index in [4.69, 9.17) is 10.5 Å². The third kappa shape index (κ3) is 2.98. The lowest BCUT2D eigenvalue weighted by Crippen LogP contribution is -2.76. The minimum atomic E-state index is -0.881. The molecule has 134 valence electrons. The van der Waals surface area contributed by atoms with E-state index >= 15 is 0 Å². The first-order chi connectivity index (χ1) is 11.1. The van der Waals surface area contributed by atoms with Gasteiger partial charge in [-0.25, -0.2) is 0 Å². The fourth-order valence-corrected chi connectivity index (χ4v) is 3.44. The van der Waals surface area contributed by atoms with E-state index in [1.807, 2.05) is 45.9 Å². The monoisotopic (exact) mass is 332 g/mol. The van der Waals surface area contributed by atoms with Gasteiger partial charge in [0, 0.05) is 29.9 Å². The number of ether oxygens (including phenoxy) is 1. The van der Waals surface area contributed by atoms with Crippen LogP contribution in [0.5, 0.6) is 0 Å². The van der Waals surface area contributed by atoms with Crippen molar-refractivity contribution in [1.29, 1.82) is 0 Å². The SMILES string of the molecule is CCOC1CC(N)(C(=O)NC(C)C(C)(C)c2ccccc2)C1(C)C. The number of rotatable bonds is 6. The molecule has 1 amide bonds. The third-order valence-electron chi connectivity index (χ3n) is 6.18. The van der Waals surface area contributed by atoms with Gasteiger partial charge in [-0.3, -0.25) is 4.79 Å². The molecular formula is C20H32N2O2. The van der Waals surface area contributed by atoms with Crippen molar-refractivity contribution in [2.24, 2.45) is 11.1 Å². The molecule has 0 bridgehead atoms. The van der Waals surface area contributed by atoms with Gasteiger partial charge < -0.3 is 15.8 Å². The zero-order valence-electron chi connectivity index (χ0n) is 15.8. The molecule has 3 N–H and O–H groups in total. The van der Waals surface area contributed by atoms with Gasteiger partial charge in [0.25, 0.3) is 0 Å². The molecule has 4 nitrogen and oxygen atoms in total. The van der Waals surface area contributed by atoms with Gasteiger partial charge in [-0.15, -0.1) is 0 Å². The predicted molar refractivity (Wildman–Crippen MR) is 97.8 cm³/mol. The van der Waals surface area contributed by atoms with E-state index in [1.54, 1.807) is 0 Å². The highest BCUT2D eigenvalue weighted by atomic mass is 16.5. The van der Waals surface area contributed by atoms with Crippen molar-refractivity contribution in [3.63, 3.8) is 0 Å². The first-order valence-corrected chi connectivity index (χ1v) is 8.84. The van der Waals surface area contributed by atoms with Crippen LogP contribution >= 0.6 is 0 Å². The van der Waals surface area contributed by atoms with Crippen LogP contribution in [0.1, 0.15) is 53.5 Å². The Labute approximate surface area is 146 Å². The Morgan fingerprint density at radius 1 is 1.38 bits per heavy atom. The average molecular weight is 332 g/mol. The van der Waals surface area contributed by atoms with Gasteiger partial charge >= 0.3 is 0 Å². The molecule has 0 radical (unpaired) electrons. The smallest absolute Gasteiger partial charge is 0.241 e. The summed E-state index contributed by atoms with van der Waals surface area (Å²) in [5.41, 5.74) is 6.25. The molecule has 4 heteroatoms. The van der Waals surface area contributed by atoms with Crippen LogP contribution in [0.25, 0.3) is 0 Å². The molecule has 0 aliphatic heterocycles. The Hall–Kier alpha value is -1.39. The molecule has 0 heterocycles. The maximum absolute atomic E-state index is 12.9. The van der Waals surface area contributed by atoms with Gasteiger partial charge in [0.2, 0.25) is 5.91 Å². The first-order valence-electron chi connectivity index (χ1n) is 8.84. The molecule has 3 unspecified atom stereocenters. The van der Waals surface area contributed by atoms with E-state index in [0.717, 1.165) is 0 Å². The topological polar surface area (TPSA) is 64.3 Å². The van der Waals surface area contributed by atoms with Crippen LogP contribution in [0.4, 0.5) is 0 Å². The van der Waals surface area contributed by atoms with Gasteiger partial charge in [0.15, 0.2) is 0 Å². The van der Waals surface area contributed by atoms with Crippen LogP contribution in [0.3, 0.4) is 0 Å². The average Bonchev–Trinajstić information content (AvgIpc) is 2.55. The summed E-state index contributed by atoms with van der Waals surface area (Å²) in [5.74, 6) is -0.0834. The predicted octanol–water partition coefficient (Wildman–Crippen LogP) is 3.00. The largest absolute Gasteiger partial charge is 0.378 e. The van der Waals surface area contributed by atoms with Crippen molar-refractivity contribution in [3.05, 3.63) is 35.9 Å². The van der Waals surface area contributed by atoms with E-state index in [-0.39, 0.29) is 28.9 Å². The number of hydrogen-bond acceptors (Lipinski definition) is 3. The second-order valence-electron chi connectivity index (χ2n) is 8.12. The molecular weight excluding hydrogens is 300 g/mol. The van der Waals surface area contributed by atoms with E-state index in [9.17, 15) is 4.79 Å². The minimum absolute atomic E-state index is 0.0326. The lowest BCUT2D eigenvalue weighted by Gasteiger charge is -2.58. The number of carbonyl (C=O) groups excluding carboxylic acids is 1. The zero-order valence-corrected chi connectivity index (χ0v) is 15.8. The maximum Gasteiger partial charge on any atom is 0.241 e. The number of benzene rings is 1. The molecule has 2 rings (SSSR count). The number of carbonyl (C=O) groups is 1. The van der Waals surface area contributed by atoms with Gasteiger partial charge in [-0.05, 0) is 19.4 Å². The summed E-state index contributed by atoms with van der Waals surface area (Å²) in [6.45, 7) is 13.0. The van der Waals surface area contributed by atoms with Crippen LogP contribution in [0.2, 0.25) is 0 Å². The van der Waals surface area contributed by atoms with Gasteiger partial charge in [0.1, 0.15) is 5.54 Å². The van der Waals surface area contributed by atoms with E-state index < -0.39 is 5.54 Å². The normalized spacial score (nSPS) is 27.2. The van der Waals surface area contributed by atoms with Gasteiger partial charge in [-0.2, -0.15) is 0 Å². The lowest BCUT2D eigenvalue weighted by molar-refractivity contribution is -0.171. The molecule has 1 aliphatic rings. The summed E-state index contributed by atoms with van der Waals surface area (Å²) in [4.78, 5) is 12.9. The quantitative estimate of drug-likeness (QED) is 0.842. The van der Waals surface area contributed by atoms with Gasteiger partial charge in [0.05, 0.1) is 6.10 Å². The highest BCUT2D eigenvalue weighted by Crippen LogP contribution is 2.50. The van der Waals surface area contributed by atoms with Crippen LogP contribution in [0, 0.1) is 5.41 Å². The molecule has 1 aromatic rings. The Balaban J connectivity index is 2.10. The molecule has 0 saturated heterocycles. The van der Waals surface area contributed by atoms with E-state index in [0.29, 0.717) is 13.0 Å². The summed E-state index contributed by atoms with van der Waals surface area (Å²) in [5, 5.41) is 3.16. The van der Waals surface area contributed by atoms with Crippen molar-refractivity contribution in [2.45, 2.75) is 71.1 Å². The van der Waals surface area contributed by atoms with Crippen LogP contribution < -0.4 is 11.1 Å². The molecule has 0 aromatic heterocycles. The summed E-state index contributed by atoms with van der Waals surface area (Å²) >= 11 is 0. The molecule has 24 heavy (non-hydrogen) atoms. The second kappa shape index (κ2) is 6.49. The second-order valence-corrected chi connectivity index (χ2v) is 8.12. The minimum Gasteiger partial charge on any atom is -0.378 e. The van der Waals surface area contributed by atoms with Crippen LogP contribution in [0.15, 0.2) is 30.3 Å². The van der Waals surface area contributed by atoms with Crippen molar-refractivity contribution in [2.75, 3.05) is 6.61 Å². The number of nitrogens with two attached hydrogens (primary N) is 1. The van der Waals surface area contributed by atoms with Crippen molar-refractivity contribution >= 4 is 5.91 Å². The number of nitrogens with one attached hydrogen (secondary N) is 1. The lowest BCUT2D eigenvalue weighted by atomic mass is 9.54. The van der Waals surface area contributed by atoms with Crippen molar-refractivity contribution in [3.8, 4) is 0 Å². The van der Waals surface area contributed by atoms with Gasteiger partial charge in [-0.1, -0.05) is 58.0 Å². The van der Waals surface area contributed by atoms with Crippen LogP contribution in [-0.2, 0) is 14.9 Å². The molecule has 1 aromatic carbocycles. The highest BCUT2D eigenvalue weighted by molar-refractivity contribution is 5.89. The Morgan fingerprint density at radius 2 is 1.96 bits per heavy atom. The molecule has 1 aliphatic carbocycles. The fraction of sp³-hybridized carbons (Fsp3) is 0.650. The maximum atomic E-state index is 12.9. The van der Waals surface area contributed by atoms with E-state index in [1.165, 1.54) is 5.56 Å². The Kier molecular flexibility index (Phi) is 5.12. The number of hydrogen-bond donors (Lipinski definition) is 2. The fourth-order valence-electron chi connectivity index (χ4n) is 3.44. The first kappa shape index (κ1) is 18.9. The standard InChI is InChI=1S/C20H32N2O2/c1-7-24-16-13-20(21,19(16,5)6)17(23)22-14(2)18(3,4)15-11-9-8-10-12-15/h8-12,14,16H,7,13,21H2,1-6H3,(H,22,23). The third-order valence-corrected chi connectivity index (χ3v) is 6.18. The molecule has 1 fully saturated rings. The van der Waals surface area contributed by atoms with Crippen molar-refractivity contribution in [1.82, 2.24) is 5.32 Å². The molecule has 1 saturated carbocycles. The summed E-state index contributed by atoms with van der Waals surface area (Å²) in [7, 11) is 0. The highest BCUT2D eigenvalue weighted by Gasteiger charge is 2.63. The van der Waals surface area contributed by atoms with E-state index in [2.05, 4.69) is 31.3 Å².